The van der Waals surface area contributed by atoms with Gasteiger partial charge < -0.3 is 0 Å². The highest BCUT2D eigenvalue weighted by atomic mass is 32.1. The van der Waals surface area contributed by atoms with Crippen LogP contribution in [-0.2, 0) is 4.79 Å². The molecule has 0 spiro atoms. The molecule has 0 atom stereocenters. The maximum Gasteiger partial charge on any atom is 0.134 e. The molecule has 0 saturated heterocycles. The van der Waals surface area contributed by atoms with Crippen molar-refractivity contribution in [3.05, 3.63) is 0 Å². The molecule has 0 saturated carbocycles. The summed E-state index contributed by atoms with van der Waals surface area (Å²) in [4.78, 5) is 10.9. The molecular formula is C5H8OS. The van der Waals surface area contributed by atoms with Crippen LogP contribution < -0.4 is 0 Å². The summed E-state index contributed by atoms with van der Waals surface area (Å²) in [5.41, 5.74) is 0. The molecule has 0 aliphatic heterocycles. The van der Waals surface area contributed by atoms with Crippen LogP contribution >= 0.6 is 12.2 Å². The average molecular weight is 116 g/mol. The van der Waals surface area contributed by atoms with E-state index in [0.717, 1.165) is 4.86 Å². The van der Waals surface area contributed by atoms with Crippen LogP contribution in [0.5, 0.6) is 0 Å². The van der Waals surface area contributed by atoms with Crippen LogP contribution in [0, 0.1) is 0 Å². The zero-order valence-corrected chi connectivity index (χ0v) is 5.34. The lowest BCUT2D eigenvalue weighted by molar-refractivity contribution is -0.115. The van der Waals surface area contributed by atoms with Gasteiger partial charge in [-0.15, -0.1) is 0 Å². The molecule has 0 unspecified atom stereocenters. The van der Waals surface area contributed by atoms with Gasteiger partial charge >= 0.3 is 0 Å². The number of Topliss-reactive ketones (excluding diaryl/α,β-unsaturated/α-hetero) is 1. The van der Waals surface area contributed by atoms with Gasteiger partial charge in [-0.2, -0.15) is 0 Å². The first-order valence-electron chi connectivity index (χ1n) is 2.12. The van der Waals surface area contributed by atoms with Gasteiger partial charge in [-0.3, -0.25) is 4.79 Å². The third-order valence-electron chi connectivity index (χ3n) is 0.498. The van der Waals surface area contributed by atoms with Gasteiger partial charge in [0.25, 0.3) is 0 Å². The number of carbonyl (C=O) groups excluding carboxylic acids is 1. The lowest BCUT2D eigenvalue weighted by atomic mass is 10.3. The predicted molar refractivity (Wildman–Crippen MR) is 33.6 cm³/mol. The number of thiocarbonyl (C=S) groups is 1. The zero-order chi connectivity index (χ0) is 5.86. The van der Waals surface area contributed by atoms with Crippen molar-refractivity contribution in [1.29, 1.82) is 0 Å². The highest BCUT2D eigenvalue weighted by molar-refractivity contribution is 7.80. The minimum absolute atomic E-state index is 0.146. The monoisotopic (exact) mass is 116 g/mol. The first-order valence-corrected chi connectivity index (χ1v) is 2.52. The zero-order valence-electron chi connectivity index (χ0n) is 4.52. The predicted octanol–water partition coefficient (Wildman–Crippen LogP) is 1.36. The summed E-state index contributed by atoms with van der Waals surface area (Å²) in [6.45, 7) is 3.31. The molecule has 0 aliphatic carbocycles. The SMILES string of the molecule is CC(=O)CC(C)=S. The van der Waals surface area contributed by atoms with E-state index in [1.807, 2.05) is 0 Å². The number of hydrogen-bond donors (Lipinski definition) is 0. The molecule has 0 aliphatic rings. The Morgan fingerprint density at radius 2 is 2.00 bits per heavy atom. The molecule has 0 rings (SSSR count). The van der Waals surface area contributed by atoms with Crippen molar-refractivity contribution in [3.8, 4) is 0 Å². The molecule has 0 fully saturated rings. The van der Waals surface area contributed by atoms with Crippen LogP contribution in [0.3, 0.4) is 0 Å². The normalized spacial score (nSPS) is 8.29. The molecule has 0 amide bonds. The van der Waals surface area contributed by atoms with Crippen LogP contribution in [0.1, 0.15) is 20.3 Å². The largest absolute Gasteiger partial charge is 0.300 e. The van der Waals surface area contributed by atoms with Crippen LogP contribution in [0.25, 0.3) is 0 Å². The van der Waals surface area contributed by atoms with Crippen molar-refractivity contribution in [2.75, 3.05) is 0 Å². The average Bonchev–Trinajstić information content (AvgIpc) is 1.27. The van der Waals surface area contributed by atoms with Crippen LogP contribution in [0.4, 0.5) is 0 Å². The molecule has 0 heterocycles. The van der Waals surface area contributed by atoms with Crippen LogP contribution in [-0.4, -0.2) is 10.6 Å². The van der Waals surface area contributed by atoms with Crippen molar-refractivity contribution < 1.29 is 4.79 Å². The summed E-state index contributed by atoms with van der Waals surface area (Å²) in [5.74, 6) is 0.146. The molecule has 0 bridgehead atoms. The molecule has 0 N–H and O–H groups in total. The topological polar surface area (TPSA) is 17.1 Å². The highest BCUT2D eigenvalue weighted by Gasteiger charge is 1.90. The first-order chi connectivity index (χ1) is 3.13. The van der Waals surface area contributed by atoms with E-state index in [0.29, 0.717) is 6.42 Å². The van der Waals surface area contributed by atoms with Crippen molar-refractivity contribution in [1.82, 2.24) is 0 Å². The molecule has 1 nitrogen and oxygen atoms in total. The van der Waals surface area contributed by atoms with Gasteiger partial charge in [0.05, 0.1) is 0 Å². The van der Waals surface area contributed by atoms with E-state index in [4.69, 9.17) is 0 Å². The van der Waals surface area contributed by atoms with Gasteiger partial charge in [0.1, 0.15) is 5.78 Å². The summed E-state index contributed by atoms with van der Waals surface area (Å²) in [6.07, 6.45) is 0.454. The van der Waals surface area contributed by atoms with Gasteiger partial charge in [0, 0.05) is 6.42 Å². The van der Waals surface area contributed by atoms with Gasteiger partial charge in [0.2, 0.25) is 0 Å². The maximum absolute atomic E-state index is 10.2. The van der Waals surface area contributed by atoms with Crippen molar-refractivity contribution in [2.45, 2.75) is 20.3 Å². The standard InChI is InChI=1S/C5H8OS/c1-4(6)3-5(2)7/h3H2,1-2H3. The summed E-state index contributed by atoms with van der Waals surface area (Å²) in [5, 5.41) is 0. The second-order valence-electron chi connectivity index (χ2n) is 1.58. The van der Waals surface area contributed by atoms with Gasteiger partial charge in [-0.1, -0.05) is 12.2 Å². The fourth-order valence-electron chi connectivity index (χ4n) is 0.351. The Hall–Kier alpha value is -0.240. The van der Waals surface area contributed by atoms with Crippen molar-refractivity contribution >= 4 is 22.9 Å². The quantitative estimate of drug-likeness (QED) is 0.507. The fourth-order valence-corrected chi connectivity index (χ4v) is 0.554. The Morgan fingerprint density at radius 3 is 2.00 bits per heavy atom. The smallest absolute Gasteiger partial charge is 0.134 e. The molecular weight excluding hydrogens is 108 g/mol. The Morgan fingerprint density at radius 1 is 1.57 bits per heavy atom. The summed E-state index contributed by atoms with van der Waals surface area (Å²) in [6, 6.07) is 0. The van der Waals surface area contributed by atoms with E-state index in [2.05, 4.69) is 12.2 Å². The van der Waals surface area contributed by atoms with Crippen molar-refractivity contribution in [2.24, 2.45) is 0 Å². The Balaban J connectivity index is 3.32. The minimum Gasteiger partial charge on any atom is -0.300 e. The molecule has 0 aromatic heterocycles. The van der Waals surface area contributed by atoms with Crippen LogP contribution in [0.15, 0.2) is 0 Å². The summed E-state index contributed by atoms with van der Waals surface area (Å²) >= 11 is 4.65. The van der Waals surface area contributed by atoms with Gasteiger partial charge in [-0.05, 0) is 18.7 Å². The van der Waals surface area contributed by atoms with E-state index in [9.17, 15) is 4.79 Å². The summed E-state index contributed by atoms with van der Waals surface area (Å²) in [7, 11) is 0. The lowest BCUT2D eigenvalue weighted by Gasteiger charge is -1.85. The molecule has 2 heteroatoms. The minimum atomic E-state index is 0.146. The third-order valence-corrected chi connectivity index (χ3v) is 0.642. The van der Waals surface area contributed by atoms with E-state index in [-0.39, 0.29) is 5.78 Å². The molecule has 7 heavy (non-hydrogen) atoms. The number of carbonyl (C=O) groups is 1. The Labute approximate surface area is 48.7 Å². The van der Waals surface area contributed by atoms with Crippen molar-refractivity contribution in [3.63, 3.8) is 0 Å². The number of rotatable bonds is 2. The highest BCUT2D eigenvalue weighted by Crippen LogP contribution is 1.84. The van der Waals surface area contributed by atoms with E-state index >= 15 is 0 Å². The lowest BCUT2D eigenvalue weighted by Crippen LogP contribution is -1.95. The maximum atomic E-state index is 10.2. The Kier molecular flexibility index (Phi) is 2.76. The first kappa shape index (κ1) is 6.76. The van der Waals surface area contributed by atoms with E-state index in [1.54, 1.807) is 6.92 Å². The summed E-state index contributed by atoms with van der Waals surface area (Å²) < 4.78 is 0. The number of ketones is 1. The molecule has 40 valence electrons. The molecule has 0 aromatic rings. The third kappa shape index (κ3) is 5.76. The number of hydrogen-bond acceptors (Lipinski definition) is 2. The second-order valence-corrected chi connectivity index (χ2v) is 2.28. The van der Waals surface area contributed by atoms with E-state index < -0.39 is 0 Å². The van der Waals surface area contributed by atoms with Crippen LogP contribution in [0.2, 0.25) is 0 Å². The van der Waals surface area contributed by atoms with E-state index in [1.165, 1.54) is 6.92 Å². The molecule has 0 radical (unpaired) electrons. The van der Waals surface area contributed by atoms with Gasteiger partial charge in [-0.25, -0.2) is 0 Å². The fraction of sp³-hybridized carbons (Fsp3) is 0.600. The molecule has 0 aromatic carbocycles. The second kappa shape index (κ2) is 2.86. The Bertz CT molecular complexity index is 84.3. The van der Waals surface area contributed by atoms with Gasteiger partial charge in [0.15, 0.2) is 0 Å².